The van der Waals surface area contributed by atoms with Crippen LogP contribution in [-0.4, -0.2) is 96.0 Å². The first kappa shape index (κ1) is 33.9. The van der Waals surface area contributed by atoms with E-state index < -0.39 is 41.9 Å². The molecule has 1 rings (SSSR count). The number of unbranched alkanes of at least 4 members (excludes halogenated alkanes) is 5. The number of hydrogen-bond acceptors (Lipinski definition) is 9. The number of aliphatic carboxylic acids is 2. The molecule has 0 saturated heterocycles. The number of aliphatic hydroxyl groups is 6. The number of benzene rings is 1. The summed E-state index contributed by atoms with van der Waals surface area (Å²) in [6, 6.07) is 8.66. The quantitative estimate of drug-likeness (QED) is 0.123. The van der Waals surface area contributed by atoms with Gasteiger partial charge >= 0.3 is 11.9 Å². The average Bonchev–Trinajstić information content (AvgIpc) is 2.88. The van der Waals surface area contributed by atoms with Gasteiger partial charge in [0, 0.05) is 0 Å². The lowest BCUT2D eigenvalue weighted by molar-refractivity contribution is -0.172. The van der Waals surface area contributed by atoms with Crippen LogP contribution in [0.1, 0.15) is 63.0 Å². The summed E-state index contributed by atoms with van der Waals surface area (Å²) >= 11 is 0. The molecule has 11 nitrogen and oxygen atoms in total. The normalized spacial score (nSPS) is 14.8. The van der Waals surface area contributed by atoms with Crippen molar-refractivity contribution in [1.29, 1.82) is 0 Å². The van der Waals surface area contributed by atoms with E-state index >= 15 is 0 Å². The second-order valence-electron chi connectivity index (χ2n) is 9.06. The van der Waals surface area contributed by atoms with Crippen LogP contribution in [0.2, 0.25) is 0 Å². The van der Waals surface area contributed by atoms with Crippen molar-refractivity contribution in [2.45, 2.75) is 94.7 Å². The van der Waals surface area contributed by atoms with Crippen molar-refractivity contribution in [2.75, 3.05) is 13.2 Å². The molecule has 36 heavy (non-hydrogen) atoms. The van der Waals surface area contributed by atoms with Crippen molar-refractivity contribution in [1.82, 2.24) is 0 Å². The number of carbonyl (C=O) groups is 2. The fourth-order valence-electron chi connectivity index (χ4n) is 3.25. The molecule has 0 amide bonds. The molecule has 4 atom stereocenters. The van der Waals surface area contributed by atoms with Gasteiger partial charge in [0.2, 0.25) is 0 Å². The molecule has 0 bridgehead atoms. The van der Waals surface area contributed by atoms with Crippen LogP contribution < -0.4 is 5.73 Å². The first-order chi connectivity index (χ1) is 16.9. The third kappa shape index (κ3) is 13.3. The minimum Gasteiger partial charge on any atom is -0.479 e. The molecule has 10 N–H and O–H groups in total. The van der Waals surface area contributed by atoms with E-state index in [0.717, 1.165) is 12.8 Å². The number of nitrogens with two attached hydrogens (primary N) is 1. The maximum absolute atomic E-state index is 10.1. The number of carboxylic acids is 2. The van der Waals surface area contributed by atoms with E-state index in [2.05, 4.69) is 31.2 Å². The average molecular weight is 518 g/mol. The van der Waals surface area contributed by atoms with Crippen LogP contribution in [-0.2, 0) is 22.4 Å². The number of hydrogen-bond donors (Lipinski definition) is 9. The molecule has 0 aliphatic carbocycles. The van der Waals surface area contributed by atoms with E-state index in [1.807, 2.05) is 0 Å². The van der Waals surface area contributed by atoms with Gasteiger partial charge in [0.25, 0.3) is 0 Å². The van der Waals surface area contributed by atoms with Gasteiger partial charge in [-0.1, -0.05) is 63.3 Å². The number of carboxylic acid groups (broad SMARTS) is 2. The van der Waals surface area contributed by atoms with Gasteiger partial charge < -0.3 is 46.6 Å². The predicted molar refractivity (Wildman–Crippen MR) is 132 cm³/mol. The van der Waals surface area contributed by atoms with Crippen LogP contribution >= 0.6 is 0 Å². The first-order valence-corrected chi connectivity index (χ1v) is 12.2. The highest BCUT2D eigenvalue weighted by Gasteiger charge is 2.37. The Morgan fingerprint density at radius 2 is 1.14 bits per heavy atom. The van der Waals surface area contributed by atoms with Gasteiger partial charge in [0.15, 0.2) is 12.2 Å². The van der Waals surface area contributed by atoms with Crippen LogP contribution in [0.5, 0.6) is 0 Å². The summed E-state index contributed by atoms with van der Waals surface area (Å²) in [6.07, 6.45) is 1.23. The molecule has 0 aromatic heterocycles. The molecule has 0 radical (unpaired) electrons. The highest BCUT2D eigenvalue weighted by molar-refractivity contribution is 5.75. The molecular formula is C25H43NO10. The molecule has 11 heteroatoms. The lowest BCUT2D eigenvalue weighted by Gasteiger charge is -2.24. The third-order valence-electron chi connectivity index (χ3n) is 5.89. The SMILES string of the molecule is CCCCCCCCc1ccc(CCC(N)(CO)CO)cc1.O=C(O)C(O)C(O)C(O)C(O)C(=O)O. The topological polar surface area (TPSA) is 222 Å². The summed E-state index contributed by atoms with van der Waals surface area (Å²) in [5.74, 6) is -3.68. The molecular weight excluding hydrogens is 474 g/mol. The van der Waals surface area contributed by atoms with Crippen molar-refractivity contribution in [3.8, 4) is 0 Å². The fraction of sp³-hybridized carbons (Fsp3) is 0.680. The highest BCUT2D eigenvalue weighted by Crippen LogP contribution is 2.15. The predicted octanol–water partition coefficient (Wildman–Crippen LogP) is -0.196. The fourth-order valence-corrected chi connectivity index (χ4v) is 3.25. The molecule has 208 valence electrons. The standard InChI is InChI=1S/C19H33NO2.C6H10O8/c1-2-3-4-5-6-7-8-17-9-11-18(12-10-17)13-14-19(20,15-21)16-22;7-1(3(9)5(11)12)2(8)4(10)6(13)14/h9-12,21-22H,2-8,13-16,20H2,1H3;1-4,7-10H,(H,11,12)(H,13,14). The second kappa shape index (κ2) is 18.2. The monoisotopic (exact) mass is 517 g/mol. The molecule has 0 fully saturated rings. The summed E-state index contributed by atoms with van der Waals surface area (Å²) in [7, 11) is 0. The Balaban J connectivity index is 0.000000757. The maximum atomic E-state index is 10.1. The van der Waals surface area contributed by atoms with Crippen molar-refractivity contribution in [3.05, 3.63) is 35.4 Å². The van der Waals surface area contributed by atoms with Gasteiger partial charge in [-0.3, -0.25) is 0 Å². The highest BCUT2D eigenvalue weighted by atomic mass is 16.4. The van der Waals surface area contributed by atoms with Gasteiger partial charge in [-0.15, -0.1) is 0 Å². The van der Waals surface area contributed by atoms with Gasteiger partial charge in [0.05, 0.1) is 18.8 Å². The number of aryl methyl sites for hydroxylation is 2. The van der Waals surface area contributed by atoms with E-state index in [0.29, 0.717) is 6.42 Å². The smallest absolute Gasteiger partial charge is 0.335 e. The third-order valence-corrected chi connectivity index (χ3v) is 5.89. The van der Waals surface area contributed by atoms with Crippen molar-refractivity contribution in [3.63, 3.8) is 0 Å². The zero-order valence-electron chi connectivity index (χ0n) is 20.9. The molecule has 0 heterocycles. The maximum Gasteiger partial charge on any atom is 0.335 e. The van der Waals surface area contributed by atoms with Crippen LogP contribution in [0.15, 0.2) is 24.3 Å². The van der Waals surface area contributed by atoms with E-state index in [-0.39, 0.29) is 13.2 Å². The Morgan fingerprint density at radius 1 is 0.750 bits per heavy atom. The largest absolute Gasteiger partial charge is 0.479 e. The van der Waals surface area contributed by atoms with Crippen LogP contribution in [0.4, 0.5) is 0 Å². The van der Waals surface area contributed by atoms with Gasteiger partial charge in [0.1, 0.15) is 12.2 Å². The molecule has 1 aromatic rings. The van der Waals surface area contributed by atoms with Crippen LogP contribution in [0.25, 0.3) is 0 Å². The van der Waals surface area contributed by atoms with E-state index in [1.54, 1.807) is 0 Å². The van der Waals surface area contributed by atoms with E-state index in [4.69, 9.17) is 36.4 Å². The summed E-state index contributed by atoms with van der Waals surface area (Å²) < 4.78 is 0. The Labute approximate surface area is 211 Å². The molecule has 0 aliphatic rings. The molecule has 0 spiro atoms. The van der Waals surface area contributed by atoms with Gasteiger partial charge in [-0.2, -0.15) is 0 Å². The minimum atomic E-state index is -2.36. The molecule has 0 saturated carbocycles. The molecule has 0 aliphatic heterocycles. The zero-order chi connectivity index (χ0) is 27.7. The second-order valence-corrected chi connectivity index (χ2v) is 9.06. The summed E-state index contributed by atoms with van der Waals surface area (Å²) in [6.45, 7) is 1.89. The molecule has 1 aromatic carbocycles. The Kier molecular flexibility index (Phi) is 17.1. The Bertz CT molecular complexity index is 715. The minimum absolute atomic E-state index is 0.181. The summed E-state index contributed by atoms with van der Waals surface area (Å²) in [4.78, 5) is 20.2. The summed E-state index contributed by atoms with van der Waals surface area (Å²) in [5.41, 5.74) is 7.63. The number of aliphatic hydroxyl groups excluding tert-OH is 6. The Hall–Kier alpha value is -2.12. The first-order valence-electron chi connectivity index (χ1n) is 12.2. The van der Waals surface area contributed by atoms with Crippen LogP contribution in [0, 0.1) is 0 Å². The molecule has 4 unspecified atom stereocenters. The Morgan fingerprint density at radius 3 is 1.53 bits per heavy atom. The number of rotatable bonds is 17. The van der Waals surface area contributed by atoms with Crippen molar-refractivity contribution >= 4 is 11.9 Å². The van der Waals surface area contributed by atoms with E-state index in [9.17, 15) is 19.8 Å². The lowest BCUT2D eigenvalue weighted by Crippen LogP contribution is -2.49. The van der Waals surface area contributed by atoms with Crippen molar-refractivity contribution < 1.29 is 50.4 Å². The summed E-state index contributed by atoms with van der Waals surface area (Å²) in [5, 5.41) is 69.8. The zero-order valence-corrected chi connectivity index (χ0v) is 20.9. The van der Waals surface area contributed by atoms with Gasteiger partial charge in [-0.05, 0) is 36.8 Å². The van der Waals surface area contributed by atoms with Gasteiger partial charge in [-0.25, -0.2) is 9.59 Å². The van der Waals surface area contributed by atoms with Crippen LogP contribution in [0.3, 0.4) is 0 Å². The van der Waals surface area contributed by atoms with E-state index in [1.165, 1.54) is 49.7 Å². The lowest BCUT2D eigenvalue weighted by atomic mass is 9.93. The van der Waals surface area contributed by atoms with Crippen molar-refractivity contribution in [2.24, 2.45) is 5.73 Å².